The highest BCUT2D eigenvalue weighted by molar-refractivity contribution is 5.98. The molecule has 65 heavy (non-hydrogen) atoms. The van der Waals surface area contributed by atoms with Crippen LogP contribution in [0.1, 0.15) is 95.1 Å². The number of amides is 7. The van der Waals surface area contributed by atoms with Gasteiger partial charge in [-0.1, -0.05) is 80.6 Å². The van der Waals surface area contributed by atoms with E-state index < -0.39 is 77.6 Å². The van der Waals surface area contributed by atoms with Crippen LogP contribution < -0.4 is 48.4 Å². The molecule has 0 radical (unpaired) electrons. The lowest BCUT2D eigenvalue weighted by molar-refractivity contribution is -0.459. The zero-order chi connectivity index (χ0) is 46.3. The van der Waals surface area contributed by atoms with Crippen molar-refractivity contribution in [3.8, 4) is 0 Å². The summed E-state index contributed by atoms with van der Waals surface area (Å²) in [5.74, 6) is -3.42. The number of hydrogen-bond acceptors (Lipinski definition) is 7. The monoisotopic (exact) mass is 897 g/mol. The molecule has 1 aliphatic carbocycles. The number of nitrogens with two attached hydrogens (primary N) is 2. The lowest BCUT2D eigenvalue weighted by Crippen LogP contribution is -2.78. The van der Waals surface area contributed by atoms with E-state index in [0.717, 1.165) is 54.1 Å². The van der Waals surface area contributed by atoms with Crippen LogP contribution in [0.3, 0.4) is 0 Å². The van der Waals surface area contributed by atoms with Gasteiger partial charge < -0.3 is 41.8 Å². The first kappa shape index (κ1) is 48.0. The summed E-state index contributed by atoms with van der Waals surface area (Å²) in [7, 11) is 0. The van der Waals surface area contributed by atoms with Crippen LogP contribution in [0, 0.1) is 5.92 Å². The summed E-state index contributed by atoms with van der Waals surface area (Å²) in [6.07, 6.45) is 9.01. The predicted molar refractivity (Wildman–Crippen MR) is 244 cm³/mol. The first-order valence-corrected chi connectivity index (χ1v) is 23.1. The number of aromatic nitrogens is 1. The summed E-state index contributed by atoms with van der Waals surface area (Å²) >= 11 is 0. The van der Waals surface area contributed by atoms with E-state index in [0.29, 0.717) is 32.2 Å². The molecule has 1 unspecified atom stereocenters. The highest BCUT2D eigenvalue weighted by Crippen LogP contribution is 2.28. The van der Waals surface area contributed by atoms with Crippen molar-refractivity contribution in [1.82, 2.24) is 41.8 Å². The topological polar surface area (TPSA) is 277 Å². The van der Waals surface area contributed by atoms with Gasteiger partial charge in [-0.05, 0) is 68.1 Å². The Labute approximate surface area is 379 Å². The molecule has 18 heteroatoms. The Morgan fingerprint density at radius 2 is 1.51 bits per heavy atom. The molecule has 6 atom stereocenters. The van der Waals surface area contributed by atoms with Gasteiger partial charge in [-0.3, -0.25) is 50.0 Å². The second-order valence-electron chi connectivity index (χ2n) is 17.6. The molecule has 18 nitrogen and oxygen atoms in total. The largest absolute Gasteiger partial charge is 0.361 e. The highest BCUT2D eigenvalue weighted by Gasteiger charge is 2.40. The van der Waals surface area contributed by atoms with Crippen LogP contribution in [0.4, 0.5) is 0 Å². The lowest BCUT2D eigenvalue weighted by atomic mass is 9.84. The standard InChI is InChI=1S/C47H65N11O7/c1-29(59)53-37(25-30-13-4-2-5-14-30)42(61)55-36-20-11-22-50-41(60)35(19-10-23-51-47(48)49)54-44(63)39(27-32-28-52-34-18-9-8-17-33(32)34)56-43(62)38(26-31-15-6-3-7-16-31)57-45(64)40-21-12-24-58(40)46(36)65/h2,4-5,8-9,13-14,17-18,28,31,35-40,52H,3,6-7,10-12,15-16,19-27H2,1H3,(H,50,60)(H,53,59)(H,54,63)(H,55,61)(H,56,62)(H,57,64)(H4,48,49,51)/p+1/t35-,36?,37-,38+,39-,40-/m0/s1. The molecule has 3 heterocycles. The van der Waals surface area contributed by atoms with Crippen molar-refractivity contribution >= 4 is 58.2 Å². The van der Waals surface area contributed by atoms with Crippen LogP contribution in [-0.4, -0.2) is 113 Å². The van der Waals surface area contributed by atoms with Crippen molar-refractivity contribution < 1.29 is 38.6 Å². The van der Waals surface area contributed by atoms with Gasteiger partial charge in [0.2, 0.25) is 41.4 Å². The number of rotatable bonds is 13. The number of guanidine groups is 1. The first-order chi connectivity index (χ1) is 31.4. The number of aromatic amines is 1. The Bertz CT molecular complexity index is 2170. The molecule has 3 aliphatic rings. The Hall–Kier alpha value is -6.46. The average molecular weight is 897 g/mol. The minimum absolute atomic E-state index is 0.0134. The van der Waals surface area contributed by atoms with Crippen LogP contribution in [-0.2, 0) is 46.4 Å². The van der Waals surface area contributed by atoms with E-state index in [1.54, 1.807) is 6.20 Å². The first-order valence-electron chi connectivity index (χ1n) is 23.1. The number of nitrogens with one attached hydrogen (secondary N) is 8. The fraction of sp³-hybridized carbons (Fsp3) is 0.532. The third-order valence-corrected chi connectivity index (χ3v) is 12.7. The minimum Gasteiger partial charge on any atom is -0.361 e. The minimum atomic E-state index is -1.13. The number of benzene rings is 2. The summed E-state index contributed by atoms with van der Waals surface area (Å²) in [4.78, 5) is 106. The van der Waals surface area contributed by atoms with Gasteiger partial charge in [-0.25, -0.2) is 0 Å². The SMILES string of the molecule is CC(=O)N[C@@H](Cc1ccccc1)C(=O)NC1CCCNC(=O)[C@H](CCC[NH+]=C(N)N)NC(=O)[C@H](Cc2c[nH]c3ccccc23)NC(=O)[C@@H](CC2CCCCC2)NC(=O)[C@@H]2CCCN2C1=O. The van der Waals surface area contributed by atoms with Gasteiger partial charge in [0.05, 0.1) is 6.54 Å². The predicted octanol–water partition coefficient (Wildman–Crippen LogP) is -0.597. The highest BCUT2D eigenvalue weighted by atomic mass is 16.2. The molecule has 0 spiro atoms. The molecule has 1 saturated carbocycles. The molecule has 1 aromatic heterocycles. The quantitative estimate of drug-likeness (QED) is 0.0596. The molecule has 3 fully saturated rings. The molecule has 2 aliphatic heterocycles. The third-order valence-electron chi connectivity index (χ3n) is 12.7. The zero-order valence-electron chi connectivity index (χ0n) is 37.3. The number of fused-ring (bicyclic) bond motifs is 2. The van der Waals surface area contributed by atoms with E-state index >= 15 is 0 Å². The Kier molecular flexibility index (Phi) is 17.3. The van der Waals surface area contributed by atoms with Crippen molar-refractivity contribution in [2.24, 2.45) is 17.4 Å². The van der Waals surface area contributed by atoms with Crippen LogP contribution in [0.5, 0.6) is 0 Å². The van der Waals surface area contributed by atoms with Crippen molar-refractivity contribution in [2.75, 3.05) is 19.6 Å². The fourth-order valence-corrected chi connectivity index (χ4v) is 9.32. The Morgan fingerprint density at radius 3 is 2.26 bits per heavy atom. The second kappa shape index (κ2) is 23.5. The molecule has 2 saturated heterocycles. The van der Waals surface area contributed by atoms with Gasteiger partial charge >= 0.3 is 5.96 Å². The summed E-state index contributed by atoms with van der Waals surface area (Å²) in [6, 6.07) is 10.5. The molecule has 0 bridgehead atoms. The normalized spacial score (nSPS) is 23.4. The van der Waals surface area contributed by atoms with E-state index in [9.17, 15) is 33.6 Å². The number of hydrogen-bond donors (Lipinski definition) is 10. The van der Waals surface area contributed by atoms with E-state index in [2.05, 4.69) is 41.9 Å². The lowest BCUT2D eigenvalue weighted by Gasteiger charge is -2.32. The fourth-order valence-electron chi connectivity index (χ4n) is 9.32. The maximum atomic E-state index is 14.6. The van der Waals surface area contributed by atoms with Crippen molar-refractivity contribution in [1.29, 1.82) is 0 Å². The maximum Gasteiger partial charge on any atom is 0.338 e. The molecule has 6 rings (SSSR count). The smallest absolute Gasteiger partial charge is 0.338 e. The van der Waals surface area contributed by atoms with Gasteiger partial charge in [-0.2, -0.15) is 0 Å². The van der Waals surface area contributed by atoms with Crippen LogP contribution in [0.25, 0.3) is 10.9 Å². The van der Waals surface area contributed by atoms with Gasteiger partial charge in [-0.15, -0.1) is 0 Å². The molecule has 350 valence electrons. The number of para-hydroxylation sites is 1. The van der Waals surface area contributed by atoms with E-state index in [-0.39, 0.29) is 57.1 Å². The number of carbonyl (C=O) groups excluding carboxylic acids is 7. The Balaban J connectivity index is 1.31. The van der Waals surface area contributed by atoms with Crippen LogP contribution in [0.15, 0.2) is 60.8 Å². The van der Waals surface area contributed by atoms with E-state index in [1.807, 2.05) is 54.6 Å². The summed E-state index contributed by atoms with van der Waals surface area (Å²) in [6.45, 7) is 1.96. The molecule has 2 aromatic carbocycles. The third kappa shape index (κ3) is 13.8. The summed E-state index contributed by atoms with van der Waals surface area (Å²) in [5.41, 5.74) is 13.7. The molecule has 12 N–H and O–H groups in total. The molecular weight excluding hydrogens is 831 g/mol. The number of carbonyl (C=O) groups is 7. The van der Waals surface area contributed by atoms with E-state index in [4.69, 9.17) is 11.5 Å². The summed E-state index contributed by atoms with van der Waals surface area (Å²) < 4.78 is 0. The van der Waals surface area contributed by atoms with Crippen molar-refractivity contribution in [2.45, 2.75) is 133 Å². The maximum absolute atomic E-state index is 14.6. The van der Waals surface area contributed by atoms with Crippen LogP contribution in [0.2, 0.25) is 0 Å². The molecule has 3 aromatic rings. The van der Waals surface area contributed by atoms with Gasteiger partial charge in [0.15, 0.2) is 0 Å². The summed E-state index contributed by atoms with van der Waals surface area (Å²) in [5, 5.41) is 18.2. The molecule has 7 amide bonds. The van der Waals surface area contributed by atoms with Gasteiger partial charge in [0, 0.05) is 50.0 Å². The van der Waals surface area contributed by atoms with Gasteiger partial charge in [0.1, 0.15) is 36.3 Å². The molecular formula is C47H66N11O7+. The van der Waals surface area contributed by atoms with Crippen molar-refractivity contribution in [3.63, 3.8) is 0 Å². The van der Waals surface area contributed by atoms with Crippen LogP contribution >= 0.6 is 0 Å². The average Bonchev–Trinajstić information content (AvgIpc) is 3.95. The zero-order valence-corrected chi connectivity index (χ0v) is 37.3. The number of nitrogens with zero attached hydrogens (tertiary/aromatic N) is 1. The second-order valence-corrected chi connectivity index (χ2v) is 17.6. The number of H-pyrrole nitrogens is 1. The van der Waals surface area contributed by atoms with Crippen molar-refractivity contribution in [3.05, 3.63) is 71.9 Å². The van der Waals surface area contributed by atoms with E-state index in [1.165, 1.54) is 11.8 Å². The Morgan fingerprint density at radius 1 is 0.800 bits per heavy atom. The van der Waals surface area contributed by atoms with Gasteiger partial charge in [0.25, 0.3) is 0 Å².